The Morgan fingerprint density at radius 2 is 1.77 bits per heavy atom. The molecule has 1 N–H and O–H groups in total. The molecule has 0 spiro atoms. The van der Waals surface area contributed by atoms with Crippen LogP contribution in [0.2, 0.25) is 0 Å². The molecular formula is C24H26FN3O2S. The minimum absolute atomic E-state index is 0.142. The predicted molar refractivity (Wildman–Crippen MR) is 123 cm³/mol. The van der Waals surface area contributed by atoms with E-state index in [1.54, 1.807) is 12.1 Å². The van der Waals surface area contributed by atoms with Gasteiger partial charge < -0.3 is 14.8 Å². The van der Waals surface area contributed by atoms with Crippen LogP contribution in [0.25, 0.3) is 10.9 Å². The van der Waals surface area contributed by atoms with E-state index in [0.717, 1.165) is 41.7 Å². The van der Waals surface area contributed by atoms with Gasteiger partial charge in [0, 0.05) is 40.8 Å². The van der Waals surface area contributed by atoms with Crippen LogP contribution in [0.3, 0.4) is 0 Å². The summed E-state index contributed by atoms with van der Waals surface area (Å²) in [6.07, 6.45) is 6.48. The Balaban J connectivity index is 1.44. The number of aromatic nitrogens is 1. The van der Waals surface area contributed by atoms with Crippen LogP contribution in [0.4, 0.5) is 10.1 Å². The molecule has 0 saturated carbocycles. The third-order valence-electron chi connectivity index (χ3n) is 5.48. The zero-order valence-electron chi connectivity index (χ0n) is 17.4. The van der Waals surface area contributed by atoms with E-state index in [9.17, 15) is 14.0 Å². The van der Waals surface area contributed by atoms with Gasteiger partial charge >= 0.3 is 0 Å². The van der Waals surface area contributed by atoms with E-state index in [1.807, 2.05) is 39.9 Å². The van der Waals surface area contributed by atoms with Crippen molar-refractivity contribution in [3.8, 4) is 0 Å². The van der Waals surface area contributed by atoms with Gasteiger partial charge in [-0.1, -0.05) is 37.1 Å². The third kappa shape index (κ3) is 5.47. The second-order valence-electron chi connectivity index (χ2n) is 7.78. The molecule has 4 rings (SSSR count). The lowest BCUT2D eigenvalue weighted by Crippen LogP contribution is -2.34. The molecule has 3 aromatic rings. The summed E-state index contributed by atoms with van der Waals surface area (Å²) in [5.41, 5.74) is 1.43. The molecule has 1 fully saturated rings. The van der Waals surface area contributed by atoms with Crippen molar-refractivity contribution < 1.29 is 14.0 Å². The first-order valence-electron chi connectivity index (χ1n) is 10.6. The molecule has 0 radical (unpaired) electrons. The van der Waals surface area contributed by atoms with E-state index in [2.05, 4.69) is 5.32 Å². The number of carbonyl (C=O) groups excluding carboxylic acids is 2. The Morgan fingerprint density at radius 3 is 2.55 bits per heavy atom. The first kappa shape index (κ1) is 21.4. The lowest BCUT2D eigenvalue weighted by molar-refractivity contribution is -0.131. The Bertz CT molecular complexity index is 1070. The van der Waals surface area contributed by atoms with Crippen LogP contribution in [0.1, 0.15) is 25.7 Å². The molecule has 0 bridgehead atoms. The van der Waals surface area contributed by atoms with Crippen LogP contribution >= 0.6 is 11.8 Å². The number of amides is 2. The Morgan fingerprint density at radius 1 is 1.00 bits per heavy atom. The maximum Gasteiger partial charge on any atom is 0.242 e. The van der Waals surface area contributed by atoms with E-state index in [4.69, 9.17) is 0 Å². The van der Waals surface area contributed by atoms with Crippen molar-refractivity contribution in [2.45, 2.75) is 37.1 Å². The summed E-state index contributed by atoms with van der Waals surface area (Å²) in [5.74, 6) is -0.247. The number of benzene rings is 2. The average Bonchev–Trinajstić information content (AvgIpc) is 2.92. The highest BCUT2D eigenvalue weighted by Crippen LogP contribution is 2.30. The summed E-state index contributed by atoms with van der Waals surface area (Å²) in [5, 5.41) is 3.74. The zero-order chi connectivity index (χ0) is 21.6. The summed E-state index contributed by atoms with van der Waals surface area (Å²) in [6.45, 7) is 1.97. The number of nitrogens with one attached hydrogen (secondary N) is 1. The summed E-state index contributed by atoms with van der Waals surface area (Å²) in [6, 6.07) is 13.8. The maximum absolute atomic E-state index is 13.3. The van der Waals surface area contributed by atoms with Crippen LogP contribution in [0, 0.1) is 5.82 Å². The molecule has 2 aromatic carbocycles. The molecule has 31 heavy (non-hydrogen) atoms. The van der Waals surface area contributed by atoms with Gasteiger partial charge in [0.05, 0.1) is 5.75 Å². The first-order valence-corrected chi connectivity index (χ1v) is 11.6. The number of carbonyl (C=O) groups is 2. The molecule has 0 aliphatic carbocycles. The molecule has 2 heterocycles. The number of halogens is 1. The number of fused-ring (bicyclic) bond motifs is 1. The number of anilines is 1. The number of rotatable bonds is 6. The fraction of sp³-hybridized carbons (Fsp3) is 0.333. The number of nitrogens with zero attached hydrogens (tertiary/aromatic N) is 2. The van der Waals surface area contributed by atoms with Crippen molar-refractivity contribution >= 4 is 40.2 Å². The lowest BCUT2D eigenvalue weighted by Gasteiger charge is -2.20. The highest BCUT2D eigenvalue weighted by atomic mass is 32.2. The van der Waals surface area contributed by atoms with Gasteiger partial charge in [0.1, 0.15) is 12.4 Å². The third-order valence-corrected chi connectivity index (χ3v) is 6.53. The Hall–Kier alpha value is -2.80. The topological polar surface area (TPSA) is 54.3 Å². The van der Waals surface area contributed by atoms with Crippen LogP contribution < -0.4 is 5.32 Å². The van der Waals surface area contributed by atoms with Gasteiger partial charge in [0.15, 0.2) is 0 Å². The number of hydrogen-bond acceptors (Lipinski definition) is 3. The second-order valence-corrected chi connectivity index (χ2v) is 8.80. The van der Waals surface area contributed by atoms with Crippen LogP contribution in [-0.2, 0) is 16.1 Å². The molecule has 0 atom stereocenters. The average molecular weight is 440 g/mol. The normalized spacial score (nSPS) is 14.4. The SMILES string of the molecule is O=C(CSc1cn(CC(=O)N2CCCCCC2)c2ccccc12)Nc1cccc(F)c1. The smallest absolute Gasteiger partial charge is 0.242 e. The standard InChI is InChI=1S/C24H26FN3O2S/c25-18-8-7-9-19(14-18)26-23(29)17-31-22-15-28(21-11-4-3-10-20(21)22)16-24(30)27-12-5-1-2-6-13-27/h3-4,7-11,14-15H,1-2,5-6,12-13,16-17H2,(H,26,29). The zero-order valence-corrected chi connectivity index (χ0v) is 18.2. The molecule has 1 aliphatic heterocycles. The van der Waals surface area contributed by atoms with E-state index < -0.39 is 0 Å². The molecule has 7 heteroatoms. The molecule has 2 amide bonds. The molecule has 0 unspecified atom stereocenters. The van der Waals surface area contributed by atoms with Crippen LogP contribution in [0.15, 0.2) is 59.6 Å². The van der Waals surface area contributed by atoms with Gasteiger partial charge in [-0.3, -0.25) is 9.59 Å². The number of hydrogen-bond donors (Lipinski definition) is 1. The van der Waals surface area contributed by atoms with Crippen molar-refractivity contribution in [2.75, 3.05) is 24.2 Å². The van der Waals surface area contributed by atoms with E-state index >= 15 is 0 Å². The quantitative estimate of drug-likeness (QED) is 0.555. The highest BCUT2D eigenvalue weighted by Gasteiger charge is 2.18. The molecule has 1 aliphatic rings. The minimum atomic E-state index is -0.386. The summed E-state index contributed by atoms with van der Waals surface area (Å²) in [4.78, 5) is 28.1. The van der Waals surface area contributed by atoms with E-state index in [-0.39, 0.29) is 23.4 Å². The fourth-order valence-corrected chi connectivity index (χ4v) is 4.82. The van der Waals surface area contributed by atoms with E-state index in [0.29, 0.717) is 12.2 Å². The van der Waals surface area contributed by atoms with Gasteiger partial charge in [-0.25, -0.2) is 4.39 Å². The Labute approximate surface area is 185 Å². The summed E-state index contributed by atoms with van der Waals surface area (Å²) < 4.78 is 15.3. The second kappa shape index (κ2) is 10.0. The van der Waals surface area contributed by atoms with E-state index in [1.165, 1.54) is 36.7 Å². The monoisotopic (exact) mass is 439 g/mol. The number of para-hydroxylation sites is 1. The summed E-state index contributed by atoms with van der Waals surface area (Å²) in [7, 11) is 0. The van der Waals surface area contributed by atoms with Gasteiger partial charge in [0.25, 0.3) is 0 Å². The van der Waals surface area contributed by atoms with Gasteiger partial charge in [0.2, 0.25) is 11.8 Å². The molecule has 5 nitrogen and oxygen atoms in total. The molecule has 1 aromatic heterocycles. The van der Waals surface area contributed by atoms with Crippen molar-refractivity contribution in [3.05, 3.63) is 60.5 Å². The summed E-state index contributed by atoms with van der Waals surface area (Å²) >= 11 is 1.42. The van der Waals surface area contributed by atoms with Gasteiger partial charge in [-0.15, -0.1) is 11.8 Å². The van der Waals surface area contributed by atoms with Gasteiger partial charge in [-0.05, 0) is 37.1 Å². The van der Waals surface area contributed by atoms with Crippen LogP contribution in [0.5, 0.6) is 0 Å². The predicted octanol–water partition coefficient (Wildman–Crippen LogP) is 4.91. The van der Waals surface area contributed by atoms with Gasteiger partial charge in [-0.2, -0.15) is 0 Å². The highest BCUT2D eigenvalue weighted by molar-refractivity contribution is 8.00. The molecular weight excluding hydrogens is 413 g/mol. The molecule has 162 valence electrons. The fourth-order valence-electron chi connectivity index (χ4n) is 3.93. The van der Waals surface area contributed by atoms with Crippen molar-refractivity contribution in [3.63, 3.8) is 0 Å². The first-order chi connectivity index (χ1) is 15.1. The maximum atomic E-state index is 13.3. The molecule has 1 saturated heterocycles. The van der Waals surface area contributed by atoms with Crippen LogP contribution in [-0.4, -0.2) is 40.1 Å². The van der Waals surface area contributed by atoms with Crippen molar-refractivity contribution in [1.29, 1.82) is 0 Å². The largest absolute Gasteiger partial charge is 0.341 e. The Kier molecular flexibility index (Phi) is 6.92. The van der Waals surface area contributed by atoms with Crippen molar-refractivity contribution in [2.24, 2.45) is 0 Å². The number of thioether (sulfide) groups is 1. The minimum Gasteiger partial charge on any atom is -0.341 e. The van der Waals surface area contributed by atoms with Crippen molar-refractivity contribution in [1.82, 2.24) is 9.47 Å². The number of likely N-dealkylation sites (tertiary alicyclic amines) is 1. The lowest BCUT2D eigenvalue weighted by atomic mass is 10.2.